The Morgan fingerprint density at radius 2 is 1.81 bits per heavy atom. The van der Waals surface area contributed by atoms with Crippen LogP contribution in [0.25, 0.3) is 10.9 Å². The Morgan fingerprint density at radius 1 is 1.00 bits per heavy atom. The average molecular weight is 378 g/mol. The van der Waals surface area contributed by atoms with Crippen LogP contribution in [-0.2, 0) is 6.54 Å². The highest BCUT2D eigenvalue weighted by atomic mass is 32.2. The van der Waals surface area contributed by atoms with Crippen molar-refractivity contribution in [2.24, 2.45) is 0 Å². The highest BCUT2D eigenvalue weighted by Gasteiger charge is 2.13. The third-order valence-corrected chi connectivity index (χ3v) is 4.99. The van der Waals surface area contributed by atoms with Crippen LogP contribution in [0.3, 0.4) is 0 Å². The molecule has 0 aliphatic carbocycles. The molecule has 4 rings (SSSR count). The predicted octanol–water partition coefficient (Wildman–Crippen LogP) is 4.21. The molecule has 2 aromatic heterocycles. The molecule has 6 heteroatoms. The standard InChI is InChI=1S/C21H18N2O3S/c24-20-18-10-4-5-11-19(18)22-21(23(20)15-17-9-6-12-25-17)27-14-13-26-16-7-2-1-3-8-16/h1-12H,13-15H2. The lowest BCUT2D eigenvalue weighted by Crippen LogP contribution is -2.24. The van der Waals surface area contributed by atoms with Crippen molar-refractivity contribution >= 4 is 22.7 Å². The summed E-state index contributed by atoms with van der Waals surface area (Å²) in [6, 6.07) is 20.7. The van der Waals surface area contributed by atoms with Crippen molar-refractivity contribution < 1.29 is 9.15 Å². The van der Waals surface area contributed by atoms with Crippen LogP contribution >= 0.6 is 11.8 Å². The van der Waals surface area contributed by atoms with Crippen molar-refractivity contribution in [1.82, 2.24) is 9.55 Å². The number of ether oxygens (including phenoxy) is 1. The van der Waals surface area contributed by atoms with Gasteiger partial charge in [0, 0.05) is 5.75 Å². The predicted molar refractivity (Wildman–Crippen MR) is 106 cm³/mol. The Hall–Kier alpha value is -2.99. The molecule has 136 valence electrons. The molecule has 5 nitrogen and oxygen atoms in total. The minimum Gasteiger partial charge on any atom is -0.493 e. The van der Waals surface area contributed by atoms with E-state index in [0.717, 1.165) is 11.5 Å². The molecule has 0 bridgehead atoms. The van der Waals surface area contributed by atoms with Crippen LogP contribution in [0.4, 0.5) is 0 Å². The molecule has 0 saturated carbocycles. The summed E-state index contributed by atoms with van der Waals surface area (Å²) in [6.45, 7) is 0.879. The normalized spacial score (nSPS) is 11.0. The number of aromatic nitrogens is 2. The van der Waals surface area contributed by atoms with Crippen LogP contribution < -0.4 is 10.3 Å². The van der Waals surface area contributed by atoms with E-state index in [4.69, 9.17) is 9.15 Å². The van der Waals surface area contributed by atoms with E-state index in [9.17, 15) is 4.79 Å². The van der Waals surface area contributed by atoms with Crippen LogP contribution in [0.2, 0.25) is 0 Å². The van der Waals surface area contributed by atoms with Crippen molar-refractivity contribution in [1.29, 1.82) is 0 Å². The number of fused-ring (bicyclic) bond motifs is 1. The van der Waals surface area contributed by atoms with Crippen LogP contribution in [0.5, 0.6) is 5.75 Å². The van der Waals surface area contributed by atoms with Crippen LogP contribution in [0.15, 0.2) is 87.4 Å². The molecule has 0 spiro atoms. The van der Waals surface area contributed by atoms with Gasteiger partial charge < -0.3 is 9.15 Å². The molecular weight excluding hydrogens is 360 g/mol. The third-order valence-electron chi connectivity index (χ3n) is 4.05. The number of hydrogen-bond acceptors (Lipinski definition) is 5. The first kappa shape index (κ1) is 17.4. The van der Waals surface area contributed by atoms with Crippen LogP contribution in [0, 0.1) is 0 Å². The molecule has 0 saturated heterocycles. The second-order valence-corrected chi connectivity index (χ2v) is 6.95. The highest BCUT2D eigenvalue weighted by molar-refractivity contribution is 7.99. The van der Waals surface area contributed by atoms with Crippen LogP contribution in [-0.4, -0.2) is 21.9 Å². The lowest BCUT2D eigenvalue weighted by molar-refractivity contribution is 0.344. The summed E-state index contributed by atoms with van der Waals surface area (Å²) in [6.07, 6.45) is 1.61. The molecule has 2 aromatic carbocycles. The summed E-state index contributed by atoms with van der Waals surface area (Å²) in [5, 5.41) is 1.26. The van der Waals surface area contributed by atoms with Gasteiger partial charge >= 0.3 is 0 Å². The Labute approximate surface area is 160 Å². The van der Waals surface area contributed by atoms with E-state index in [-0.39, 0.29) is 5.56 Å². The Morgan fingerprint density at radius 3 is 2.63 bits per heavy atom. The molecule has 0 aliphatic heterocycles. The smallest absolute Gasteiger partial charge is 0.262 e. The summed E-state index contributed by atoms with van der Waals surface area (Å²) in [5.41, 5.74) is 0.633. The number of rotatable bonds is 7. The Balaban J connectivity index is 1.57. The minimum atomic E-state index is -0.0662. The van der Waals surface area contributed by atoms with E-state index in [0.29, 0.717) is 35.0 Å². The second-order valence-electron chi connectivity index (χ2n) is 5.89. The van der Waals surface area contributed by atoms with E-state index < -0.39 is 0 Å². The first-order chi connectivity index (χ1) is 13.3. The van der Waals surface area contributed by atoms with E-state index in [2.05, 4.69) is 4.98 Å². The largest absolute Gasteiger partial charge is 0.493 e. The summed E-state index contributed by atoms with van der Waals surface area (Å²) in [5.74, 6) is 2.23. The van der Waals surface area contributed by atoms with E-state index in [1.54, 1.807) is 16.9 Å². The first-order valence-corrected chi connectivity index (χ1v) is 9.62. The number of para-hydroxylation sites is 2. The number of thioether (sulfide) groups is 1. The molecule has 2 heterocycles. The molecule has 4 aromatic rings. The van der Waals surface area contributed by atoms with Crippen molar-refractivity contribution in [3.05, 3.63) is 89.1 Å². The highest BCUT2D eigenvalue weighted by Crippen LogP contribution is 2.19. The molecule has 0 unspecified atom stereocenters. The van der Waals surface area contributed by atoms with Crippen molar-refractivity contribution in [3.63, 3.8) is 0 Å². The zero-order valence-electron chi connectivity index (χ0n) is 14.6. The van der Waals surface area contributed by atoms with E-state index >= 15 is 0 Å². The van der Waals surface area contributed by atoms with E-state index in [1.165, 1.54) is 11.8 Å². The fourth-order valence-corrected chi connectivity index (χ4v) is 3.58. The Bertz CT molecular complexity index is 1080. The quantitative estimate of drug-likeness (QED) is 0.274. The molecule has 0 amide bonds. The topological polar surface area (TPSA) is 57.3 Å². The molecular formula is C21H18N2O3S. The van der Waals surface area contributed by atoms with Gasteiger partial charge in [-0.05, 0) is 36.4 Å². The zero-order chi connectivity index (χ0) is 18.5. The SMILES string of the molecule is O=c1c2ccccc2nc(SCCOc2ccccc2)n1Cc1ccco1. The van der Waals surface area contributed by atoms with Gasteiger partial charge in [0.15, 0.2) is 5.16 Å². The molecule has 27 heavy (non-hydrogen) atoms. The van der Waals surface area contributed by atoms with E-state index in [1.807, 2.05) is 60.7 Å². The lowest BCUT2D eigenvalue weighted by atomic mass is 10.2. The third kappa shape index (κ3) is 4.06. The van der Waals surface area contributed by atoms with Gasteiger partial charge in [-0.25, -0.2) is 4.98 Å². The molecule has 0 aliphatic rings. The molecule has 0 atom stereocenters. The van der Waals surface area contributed by atoms with Crippen molar-refractivity contribution in [3.8, 4) is 5.75 Å². The molecule has 0 N–H and O–H groups in total. The van der Waals surface area contributed by atoms with Gasteiger partial charge in [0.1, 0.15) is 11.5 Å². The summed E-state index contributed by atoms with van der Waals surface area (Å²) in [4.78, 5) is 17.7. The molecule has 0 fully saturated rings. The summed E-state index contributed by atoms with van der Waals surface area (Å²) < 4.78 is 12.8. The van der Waals surface area contributed by atoms with Gasteiger partial charge in [-0.2, -0.15) is 0 Å². The van der Waals surface area contributed by atoms with Gasteiger partial charge in [0.25, 0.3) is 5.56 Å². The van der Waals surface area contributed by atoms with Gasteiger partial charge in [-0.3, -0.25) is 9.36 Å². The summed E-state index contributed by atoms with van der Waals surface area (Å²) >= 11 is 1.50. The first-order valence-electron chi connectivity index (χ1n) is 8.64. The van der Waals surface area contributed by atoms with Gasteiger partial charge in [0.05, 0.1) is 30.3 Å². The fourth-order valence-electron chi connectivity index (χ4n) is 2.76. The summed E-state index contributed by atoms with van der Waals surface area (Å²) in [7, 11) is 0. The van der Waals surface area contributed by atoms with Crippen molar-refractivity contribution in [2.75, 3.05) is 12.4 Å². The number of hydrogen-bond donors (Lipinski definition) is 0. The average Bonchev–Trinajstić information content (AvgIpc) is 3.22. The number of furan rings is 1. The van der Waals surface area contributed by atoms with Gasteiger partial charge in [-0.1, -0.05) is 42.1 Å². The maximum absolute atomic E-state index is 13.0. The number of benzene rings is 2. The fraction of sp³-hybridized carbons (Fsp3) is 0.143. The zero-order valence-corrected chi connectivity index (χ0v) is 15.4. The maximum Gasteiger partial charge on any atom is 0.262 e. The second kappa shape index (κ2) is 8.14. The minimum absolute atomic E-state index is 0.0662. The molecule has 0 radical (unpaired) electrons. The van der Waals surface area contributed by atoms with Gasteiger partial charge in [0.2, 0.25) is 0 Å². The monoisotopic (exact) mass is 378 g/mol. The van der Waals surface area contributed by atoms with Crippen LogP contribution in [0.1, 0.15) is 5.76 Å². The number of nitrogens with zero attached hydrogens (tertiary/aromatic N) is 2. The van der Waals surface area contributed by atoms with Gasteiger partial charge in [-0.15, -0.1) is 0 Å². The lowest BCUT2D eigenvalue weighted by Gasteiger charge is -2.12. The Kier molecular flexibility index (Phi) is 5.25. The maximum atomic E-state index is 13.0. The van der Waals surface area contributed by atoms with Crippen molar-refractivity contribution in [2.45, 2.75) is 11.7 Å².